The number of carbonyl (C=O) groups excluding carboxylic acids is 1. The molecule has 7 heteroatoms. The predicted molar refractivity (Wildman–Crippen MR) is 86.2 cm³/mol. The molecule has 0 aromatic carbocycles. The lowest BCUT2D eigenvalue weighted by Gasteiger charge is -2.17. The maximum atomic E-state index is 12.4. The van der Waals surface area contributed by atoms with Gasteiger partial charge in [-0.25, -0.2) is 4.98 Å². The number of aromatic nitrogens is 3. The number of amides is 1. The second kappa shape index (κ2) is 6.83. The summed E-state index contributed by atoms with van der Waals surface area (Å²) in [4.78, 5) is 19.6. The minimum atomic E-state index is -0.0497. The first-order valence-electron chi connectivity index (χ1n) is 7.56. The quantitative estimate of drug-likeness (QED) is 0.912. The van der Waals surface area contributed by atoms with Gasteiger partial charge in [-0.2, -0.15) is 0 Å². The molecular formula is C15H19N5OS. The molecule has 1 atom stereocenters. The predicted octanol–water partition coefficient (Wildman–Crippen LogP) is 1.89. The van der Waals surface area contributed by atoms with E-state index >= 15 is 0 Å². The molecule has 1 amide bonds. The van der Waals surface area contributed by atoms with Gasteiger partial charge in [-0.05, 0) is 36.5 Å². The molecule has 116 valence electrons. The number of anilines is 1. The van der Waals surface area contributed by atoms with Crippen molar-refractivity contribution < 1.29 is 4.79 Å². The van der Waals surface area contributed by atoms with Gasteiger partial charge in [0.05, 0.1) is 5.69 Å². The molecule has 0 spiro atoms. The number of pyridine rings is 1. The van der Waals surface area contributed by atoms with Crippen LogP contribution in [0.25, 0.3) is 0 Å². The lowest BCUT2D eigenvalue weighted by molar-refractivity contribution is 0.0943. The van der Waals surface area contributed by atoms with Crippen molar-refractivity contribution in [3.63, 3.8) is 0 Å². The van der Waals surface area contributed by atoms with Crippen molar-refractivity contribution in [2.75, 3.05) is 18.0 Å². The number of nitrogens with zero attached hydrogens (tertiary/aromatic N) is 4. The van der Waals surface area contributed by atoms with Gasteiger partial charge in [-0.1, -0.05) is 23.9 Å². The third-order valence-electron chi connectivity index (χ3n) is 3.75. The Morgan fingerprint density at radius 1 is 1.50 bits per heavy atom. The van der Waals surface area contributed by atoms with Crippen LogP contribution in [-0.2, 0) is 6.42 Å². The molecule has 1 N–H and O–H groups in total. The van der Waals surface area contributed by atoms with E-state index in [1.54, 1.807) is 6.20 Å². The van der Waals surface area contributed by atoms with Crippen LogP contribution in [0.3, 0.4) is 0 Å². The molecule has 2 aromatic heterocycles. The van der Waals surface area contributed by atoms with Gasteiger partial charge in [0, 0.05) is 25.3 Å². The van der Waals surface area contributed by atoms with Crippen molar-refractivity contribution in [3.05, 3.63) is 35.0 Å². The number of hydrogen-bond acceptors (Lipinski definition) is 6. The van der Waals surface area contributed by atoms with Crippen LogP contribution in [0.2, 0.25) is 0 Å². The summed E-state index contributed by atoms with van der Waals surface area (Å²) < 4.78 is 3.91. The minimum absolute atomic E-state index is 0.0497. The summed E-state index contributed by atoms with van der Waals surface area (Å²) in [6, 6.07) is 6.03. The van der Waals surface area contributed by atoms with Gasteiger partial charge in [-0.15, -0.1) is 5.10 Å². The van der Waals surface area contributed by atoms with Gasteiger partial charge in [0.2, 0.25) is 0 Å². The number of carbonyl (C=O) groups is 1. The summed E-state index contributed by atoms with van der Waals surface area (Å²) in [5.74, 6) is 0.914. The molecule has 1 unspecified atom stereocenters. The van der Waals surface area contributed by atoms with E-state index in [4.69, 9.17) is 0 Å². The Hall–Kier alpha value is -2.02. The molecule has 22 heavy (non-hydrogen) atoms. The first-order valence-corrected chi connectivity index (χ1v) is 8.33. The second-order valence-electron chi connectivity index (χ2n) is 5.39. The molecule has 0 saturated carbocycles. The summed E-state index contributed by atoms with van der Waals surface area (Å²) in [5.41, 5.74) is 0.810. The third kappa shape index (κ3) is 3.24. The molecule has 1 fully saturated rings. The molecule has 0 radical (unpaired) electrons. The van der Waals surface area contributed by atoms with Crippen LogP contribution in [0.15, 0.2) is 24.4 Å². The standard InChI is InChI=1S/C15H19N5OS/c1-2-5-12-14(22-19-18-12)15(21)17-11-7-9-20(10-11)13-6-3-4-8-16-13/h3-4,6,8,11H,2,5,7,9-10H2,1H3,(H,17,21). The SMILES string of the molecule is CCCc1nnsc1C(=O)NC1CCN(c2ccccn2)C1. The smallest absolute Gasteiger partial charge is 0.265 e. The Bertz CT molecular complexity index is 630. The van der Waals surface area contributed by atoms with Gasteiger partial charge in [0.15, 0.2) is 0 Å². The number of rotatable bonds is 5. The monoisotopic (exact) mass is 317 g/mol. The Kier molecular flexibility index (Phi) is 4.62. The van der Waals surface area contributed by atoms with Crippen LogP contribution in [0.1, 0.15) is 35.1 Å². The van der Waals surface area contributed by atoms with Gasteiger partial charge >= 0.3 is 0 Å². The summed E-state index contributed by atoms with van der Waals surface area (Å²) in [6.07, 6.45) is 4.48. The Morgan fingerprint density at radius 3 is 3.18 bits per heavy atom. The van der Waals surface area contributed by atoms with Gasteiger partial charge in [-0.3, -0.25) is 4.79 Å². The molecule has 6 nitrogen and oxygen atoms in total. The van der Waals surface area contributed by atoms with Crippen LogP contribution in [0.5, 0.6) is 0 Å². The first-order chi connectivity index (χ1) is 10.8. The van der Waals surface area contributed by atoms with Crippen LogP contribution in [0, 0.1) is 0 Å². The fraction of sp³-hybridized carbons (Fsp3) is 0.467. The van der Waals surface area contributed by atoms with Crippen molar-refractivity contribution in [1.82, 2.24) is 19.9 Å². The van der Waals surface area contributed by atoms with E-state index in [-0.39, 0.29) is 11.9 Å². The van der Waals surface area contributed by atoms with E-state index in [2.05, 4.69) is 31.7 Å². The molecule has 1 aliphatic rings. The number of aryl methyl sites for hydroxylation is 1. The summed E-state index contributed by atoms with van der Waals surface area (Å²) in [7, 11) is 0. The van der Waals surface area contributed by atoms with Crippen molar-refractivity contribution in [2.24, 2.45) is 0 Å². The molecule has 0 bridgehead atoms. The molecule has 3 rings (SSSR count). The van der Waals surface area contributed by atoms with E-state index in [0.29, 0.717) is 4.88 Å². The van der Waals surface area contributed by atoms with Crippen molar-refractivity contribution in [2.45, 2.75) is 32.2 Å². The average Bonchev–Trinajstić information content (AvgIpc) is 3.18. The summed E-state index contributed by atoms with van der Waals surface area (Å²) in [5, 5.41) is 7.15. The minimum Gasteiger partial charge on any atom is -0.354 e. The molecular weight excluding hydrogens is 298 g/mol. The molecule has 1 aliphatic heterocycles. The summed E-state index contributed by atoms with van der Waals surface area (Å²) in [6.45, 7) is 3.77. The molecule has 2 aromatic rings. The zero-order valence-electron chi connectivity index (χ0n) is 12.5. The van der Waals surface area contributed by atoms with Gasteiger partial charge < -0.3 is 10.2 Å². The maximum Gasteiger partial charge on any atom is 0.265 e. The van der Waals surface area contributed by atoms with E-state index in [1.807, 2.05) is 18.2 Å². The van der Waals surface area contributed by atoms with Crippen LogP contribution in [-0.4, -0.2) is 39.6 Å². The summed E-state index contributed by atoms with van der Waals surface area (Å²) >= 11 is 1.18. The Balaban J connectivity index is 1.60. The zero-order valence-corrected chi connectivity index (χ0v) is 13.3. The highest BCUT2D eigenvalue weighted by molar-refractivity contribution is 7.08. The number of hydrogen-bond donors (Lipinski definition) is 1. The number of nitrogens with one attached hydrogen (secondary N) is 1. The van der Waals surface area contributed by atoms with Crippen LogP contribution in [0.4, 0.5) is 5.82 Å². The lowest BCUT2D eigenvalue weighted by Crippen LogP contribution is -2.37. The first kappa shape index (κ1) is 14.9. The third-order valence-corrected chi connectivity index (χ3v) is 4.51. The maximum absolute atomic E-state index is 12.4. The van der Waals surface area contributed by atoms with E-state index in [9.17, 15) is 4.79 Å². The Labute approximate surface area is 133 Å². The fourth-order valence-corrected chi connectivity index (χ4v) is 3.27. The highest BCUT2D eigenvalue weighted by Crippen LogP contribution is 2.18. The van der Waals surface area contributed by atoms with Crippen molar-refractivity contribution >= 4 is 23.3 Å². The van der Waals surface area contributed by atoms with Gasteiger partial charge in [0.25, 0.3) is 5.91 Å². The second-order valence-corrected chi connectivity index (χ2v) is 6.15. The highest BCUT2D eigenvalue weighted by atomic mass is 32.1. The van der Waals surface area contributed by atoms with Crippen molar-refractivity contribution in [1.29, 1.82) is 0 Å². The Morgan fingerprint density at radius 2 is 2.41 bits per heavy atom. The van der Waals surface area contributed by atoms with E-state index in [1.165, 1.54) is 11.5 Å². The van der Waals surface area contributed by atoms with E-state index < -0.39 is 0 Å². The largest absolute Gasteiger partial charge is 0.354 e. The molecule has 1 saturated heterocycles. The normalized spacial score (nSPS) is 17.7. The lowest BCUT2D eigenvalue weighted by atomic mass is 10.2. The highest BCUT2D eigenvalue weighted by Gasteiger charge is 2.26. The van der Waals surface area contributed by atoms with Gasteiger partial charge in [0.1, 0.15) is 10.7 Å². The zero-order chi connectivity index (χ0) is 15.4. The van der Waals surface area contributed by atoms with Crippen LogP contribution >= 0.6 is 11.5 Å². The van der Waals surface area contributed by atoms with Crippen molar-refractivity contribution in [3.8, 4) is 0 Å². The topological polar surface area (TPSA) is 71.0 Å². The molecule has 0 aliphatic carbocycles. The van der Waals surface area contributed by atoms with Crippen LogP contribution < -0.4 is 10.2 Å². The average molecular weight is 317 g/mol. The fourth-order valence-electron chi connectivity index (χ4n) is 2.66. The molecule has 3 heterocycles. The van der Waals surface area contributed by atoms with E-state index in [0.717, 1.165) is 43.9 Å².